The number of nitrogens with one attached hydrogen (secondary N) is 1. The van der Waals surface area contributed by atoms with Crippen LogP contribution in [0.2, 0.25) is 0 Å². The van der Waals surface area contributed by atoms with Crippen LogP contribution in [0.1, 0.15) is 32.1 Å². The van der Waals surface area contributed by atoms with E-state index < -0.39 is 11.9 Å². The first kappa shape index (κ1) is 19.8. The molecule has 0 atom stereocenters. The number of hydrazine groups is 1. The molecule has 0 aliphatic rings. The number of nitrogen functional groups attached to an aromatic ring is 1. The summed E-state index contributed by atoms with van der Waals surface area (Å²) >= 11 is 0. The van der Waals surface area contributed by atoms with Crippen LogP contribution < -0.4 is 20.7 Å². The van der Waals surface area contributed by atoms with E-state index in [1.54, 1.807) is 0 Å². The molecule has 1 heterocycles. The Morgan fingerprint density at radius 1 is 0.931 bits per heavy atom. The van der Waals surface area contributed by atoms with E-state index in [1.807, 2.05) is 66.1 Å². The van der Waals surface area contributed by atoms with E-state index in [4.69, 9.17) is 15.3 Å². The summed E-state index contributed by atoms with van der Waals surface area (Å²) in [5.74, 6) is 3.23. The van der Waals surface area contributed by atoms with Gasteiger partial charge in [-0.15, -0.1) is 0 Å². The van der Waals surface area contributed by atoms with Crippen LogP contribution in [0.3, 0.4) is 0 Å². The van der Waals surface area contributed by atoms with Crippen molar-refractivity contribution in [3.8, 4) is 11.5 Å². The molecule has 2 aromatic carbocycles. The van der Waals surface area contributed by atoms with Crippen molar-refractivity contribution in [3.63, 3.8) is 0 Å². The van der Waals surface area contributed by atoms with Crippen molar-refractivity contribution in [3.05, 3.63) is 89.2 Å². The molecule has 0 aliphatic carbocycles. The van der Waals surface area contributed by atoms with Crippen molar-refractivity contribution >= 4 is 11.9 Å². The molecule has 8 nitrogen and oxygen atoms in total. The molecule has 0 aliphatic heterocycles. The number of carboxylic acids is 1. The fourth-order valence-electron chi connectivity index (χ4n) is 2.55. The van der Waals surface area contributed by atoms with E-state index in [1.165, 1.54) is 6.07 Å². The Morgan fingerprint density at radius 3 is 2.00 bits per heavy atom. The highest BCUT2D eigenvalue weighted by Gasteiger charge is 2.23. The average molecular weight is 393 g/mol. The van der Waals surface area contributed by atoms with Gasteiger partial charge in [-0.2, -0.15) is 0 Å². The molecular weight excluding hydrogens is 374 g/mol. The van der Waals surface area contributed by atoms with Crippen LogP contribution in [0.25, 0.3) is 0 Å². The van der Waals surface area contributed by atoms with Crippen LogP contribution in [-0.4, -0.2) is 22.0 Å². The third kappa shape index (κ3) is 5.08. The highest BCUT2D eigenvalue weighted by atomic mass is 16.5. The Balaban J connectivity index is 1.97. The second kappa shape index (κ2) is 9.34. The number of carbonyl (C=O) groups excluding carboxylic acids is 1. The number of aromatic carboxylic acids is 1. The zero-order chi connectivity index (χ0) is 20.6. The predicted molar refractivity (Wildman–Crippen MR) is 104 cm³/mol. The van der Waals surface area contributed by atoms with Gasteiger partial charge in [0.25, 0.3) is 5.91 Å². The van der Waals surface area contributed by atoms with Crippen molar-refractivity contribution in [1.29, 1.82) is 0 Å². The minimum Gasteiger partial charge on any atom is -0.485 e. The summed E-state index contributed by atoms with van der Waals surface area (Å²) in [5.41, 5.74) is 3.03. The SMILES string of the molecule is NNC(=O)c1nc(C(=O)O)cc(OCc2ccccc2)c1OCc1ccccc1. The van der Waals surface area contributed by atoms with E-state index in [-0.39, 0.29) is 36.1 Å². The van der Waals surface area contributed by atoms with Crippen LogP contribution in [0.5, 0.6) is 11.5 Å². The Bertz CT molecular complexity index is 994. The number of hydrogen-bond donors (Lipinski definition) is 3. The summed E-state index contributed by atoms with van der Waals surface area (Å²) < 4.78 is 11.6. The highest BCUT2D eigenvalue weighted by Crippen LogP contribution is 2.33. The molecular formula is C21H19N3O5. The smallest absolute Gasteiger partial charge is 0.354 e. The van der Waals surface area contributed by atoms with E-state index in [0.717, 1.165) is 11.1 Å². The molecule has 0 unspecified atom stereocenters. The van der Waals surface area contributed by atoms with E-state index in [2.05, 4.69) is 4.98 Å². The number of amides is 1. The maximum absolute atomic E-state index is 12.2. The summed E-state index contributed by atoms with van der Waals surface area (Å²) in [6.45, 7) is 0.275. The van der Waals surface area contributed by atoms with Crippen LogP contribution in [0.4, 0.5) is 0 Å². The lowest BCUT2D eigenvalue weighted by molar-refractivity contribution is 0.0689. The monoisotopic (exact) mass is 393 g/mol. The number of carboxylic acid groups (broad SMARTS) is 1. The van der Waals surface area contributed by atoms with E-state index in [9.17, 15) is 14.7 Å². The zero-order valence-corrected chi connectivity index (χ0v) is 15.4. The van der Waals surface area contributed by atoms with Gasteiger partial charge in [-0.3, -0.25) is 10.2 Å². The lowest BCUT2D eigenvalue weighted by Gasteiger charge is -2.16. The van der Waals surface area contributed by atoms with Gasteiger partial charge in [-0.05, 0) is 11.1 Å². The third-order valence-corrected chi connectivity index (χ3v) is 3.97. The Hall–Kier alpha value is -3.91. The number of nitrogens with zero attached hydrogens (tertiary/aromatic N) is 1. The minimum atomic E-state index is -1.31. The fraction of sp³-hybridized carbons (Fsp3) is 0.0952. The number of pyridine rings is 1. The Kier molecular flexibility index (Phi) is 6.39. The van der Waals surface area contributed by atoms with Crippen LogP contribution in [-0.2, 0) is 13.2 Å². The van der Waals surface area contributed by atoms with Gasteiger partial charge in [0.1, 0.15) is 13.2 Å². The molecule has 0 spiro atoms. The normalized spacial score (nSPS) is 10.2. The second-order valence-corrected chi connectivity index (χ2v) is 6.01. The van der Waals surface area contributed by atoms with Gasteiger partial charge >= 0.3 is 5.97 Å². The zero-order valence-electron chi connectivity index (χ0n) is 15.4. The van der Waals surface area contributed by atoms with Crippen molar-refractivity contribution < 1.29 is 24.2 Å². The van der Waals surface area contributed by atoms with Crippen LogP contribution in [0, 0.1) is 0 Å². The number of carbonyl (C=O) groups is 2. The first-order valence-electron chi connectivity index (χ1n) is 8.71. The molecule has 0 fully saturated rings. The fourth-order valence-corrected chi connectivity index (χ4v) is 2.55. The first-order chi connectivity index (χ1) is 14.1. The minimum absolute atomic E-state index is 0.0118. The molecule has 1 amide bonds. The van der Waals surface area contributed by atoms with Gasteiger partial charge in [0, 0.05) is 6.07 Å². The van der Waals surface area contributed by atoms with Crippen molar-refractivity contribution in [1.82, 2.24) is 10.4 Å². The quantitative estimate of drug-likeness (QED) is 0.305. The van der Waals surface area contributed by atoms with E-state index >= 15 is 0 Å². The lowest BCUT2D eigenvalue weighted by atomic mass is 10.2. The van der Waals surface area contributed by atoms with E-state index in [0.29, 0.717) is 0 Å². The maximum atomic E-state index is 12.2. The molecule has 1 aromatic heterocycles. The molecule has 8 heteroatoms. The third-order valence-electron chi connectivity index (χ3n) is 3.97. The Labute approximate surface area is 166 Å². The highest BCUT2D eigenvalue weighted by molar-refractivity contribution is 5.97. The van der Waals surface area contributed by atoms with Crippen molar-refractivity contribution in [2.75, 3.05) is 0 Å². The number of nitrogens with two attached hydrogens (primary N) is 1. The second-order valence-electron chi connectivity index (χ2n) is 6.01. The topological polar surface area (TPSA) is 124 Å². The van der Waals surface area contributed by atoms with Gasteiger partial charge in [0.15, 0.2) is 22.9 Å². The molecule has 29 heavy (non-hydrogen) atoms. The van der Waals surface area contributed by atoms with Gasteiger partial charge < -0.3 is 14.6 Å². The van der Waals surface area contributed by atoms with Crippen LogP contribution in [0.15, 0.2) is 66.7 Å². The maximum Gasteiger partial charge on any atom is 0.354 e. The van der Waals surface area contributed by atoms with Gasteiger partial charge in [-0.25, -0.2) is 15.6 Å². The van der Waals surface area contributed by atoms with Gasteiger partial charge in [-0.1, -0.05) is 60.7 Å². The summed E-state index contributed by atoms with van der Waals surface area (Å²) in [7, 11) is 0. The average Bonchev–Trinajstić information content (AvgIpc) is 2.76. The molecule has 148 valence electrons. The van der Waals surface area contributed by atoms with Gasteiger partial charge in [0.05, 0.1) is 0 Å². The Morgan fingerprint density at radius 2 is 1.48 bits per heavy atom. The molecule has 3 rings (SSSR count). The first-order valence-corrected chi connectivity index (χ1v) is 8.71. The number of benzene rings is 2. The molecule has 4 N–H and O–H groups in total. The van der Waals surface area contributed by atoms with Crippen molar-refractivity contribution in [2.24, 2.45) is 5.84 Å². The largest absolute Gasteiger partial charge is 0.485 e. The lowest BCUT2D eigenvalue weighted by Crippen LogP contribution is -2.31. The summed E-state index contributed by atoms with van der Waals surface area (Å²) in [4.78, 5) is 27.6. The molecule has 3 aromatic rings. The predicted octanol–water partition coefficient (Wildman–Crippen LogP) is 2.54. The summed E-state index contributed by atoms with van der Waals surface area (Å²) in [5, 5.41) is 9.35. The summed E-state index contributed by atoms with van der Waals surface area (Å²) in [6, 6.07) is 19.8. The molecule has 0 saturated heterocycles. The standard InChI is InChI=1S/C21H19N3O5/c22-24-20(25)18-19(29-13-15-9-5-2-6-10-15)17(11-16(23-18)21(26)27)28-12-14-7-3-1-4-8-14/h1-11H,12-13,22H2,(H,24,25)(H,26,27). The number of aromatic nitrogens is 1. The van der Waals surface area contributed by atoms with Gasteiger partial charge in [0.2, 0.25) is 0 Å². The molecule has 0 saturated carbocycles. The number of hydrogen-bond acceptors (Lipinski definition) is 6. The van der Waals surface area contributed by atoms with Crippen LogP contribution >= 0.6 is 0 Å². The van der Waals surface area contributed by atoms with Crippen molar-refractivity contribution in [2.45, 2.75) is 13.2 Å². The summed E-state index contributed by atoms with van der Waals surface area (Å²) in [6.07, 6.45) is 0. The molecule has 0 bridgehead atoms. The number of ether oxygens (including phenoxy) is 2. The number of rotatable bonds is 8. The molecule has 0 radical (unpaired) electrons.